The van der Waals surface area contributed by atoms with E-state index in [-0.39, 0.29) is 11.1 Å². The minimum atomic E-state index is -3.55. The zero-order valence-electron chi connectivity index (χ0n) is 13.0. The van der Waals surface area contributed by atoms with Crippen molar-refractivity contribution in [1.82, 2.24) is 19.7 Å². The highest BCUT2D eigenvalue weighted by atomic mass is 32.2. The molecule has 0 aliphatic heterocycles. The highest BCUT2D eigenvalue weighted by Gasteiger charge is 2.28. The molecule has 1 aliphatic rings. The third-order valence-electron chi connectivity index (χ3n) is 4.59. The van der Waals surface area contributed by atoms with Gasteiger partial charge in [0.05, 0.1) is 12.6 Å². The average Bonchev–Trinajstić information content (AvgIpc) is 3.26. The summed E-state index contributed by atoms with van der Waals surface area (Å²) in [6, 6.07) is 3.71. The van der Waals surface area contributed by atoms with E-state index in [0.29, 0.717) is 5.92 Å². The lowest BCUT2D eigenvalue weighted by atomic mass is 9.82. The number of aromatic amines is 1. The Balaban J connectivity index is 1.44. The van der Waals surface area contributed by atoms with Gasteiger partial charge in [-0.25, -0.2) is 18.1 Å². The number of nitrogens with one attached hydrogen (secondary N) is 2. The molecule has 0 amide bonds. The smallest absolute Gasteiger partial charge is 0.259 e. The van der Waals surface area contributed by atoms with Gasteiger partial charge in [0.1, 0.15) is 5.52 Å². The first kappa shape index (κ1) is 15.3. The van der Waals surface area contributed by atoms with Gasteiger partial charge in [0, 0.05) is 24.0 Å². The molecule has 0 radical (unpaired) electrons. The van der Waals surface area contributed by atoms with Crippen LogP contribution in [0.2, 0.25) is 0 Å². The molecule has 1 fully saturated rings. The number of H-pyrrole nitrogens is 1. The average molecular weight is 346 g/mol. The molecule has 0 unspecified atom stereocenters. The number of furan rings is 1. The summed E-state index contributed by atoms with van der Waals surface area (Å²) in [6.45, 7) is 0. The van der Waals surface area contributed by atoms with Gasteiger partial charge in [-0.05, 0) is 43.7 Å². The monoisotopic (exact) mass is 346 g/mol. The van der Waals surface area contributed by atoms with E-state index in [9.17, 15) is 8.42 Å². The van der Waals surface area contributed by atoms with Gasteiger partial charge in [0.25, 0.3) is 10.0 Å². The number of imidazole rings is 1. The van der Waals surface area contributed by atoms with Crippen LogP contribution in [0.3, 0.4) is 0 Å². The quantitative estimate of drug-likeness (QED) is 0.756. The maximum Gasteiger partial charge on any atom is 0.259 e. The van der Waals surface area contributed by atoms with Gasteiger partial charge in [-0.15, -0.1) is 0 Å². The molecular formula is C16H18N4O3S. The minimum absolute atomic E-state index is 0.0367. The van der Waals surface area contributed by atoms with Crippen molar-refractivity contribution in [3.05, 3.63) is 42.7 Å². The predicted molar refractivity (Wildman–Crippen MR) is 87.9 cm³/mol. The zero-order valence-corrected chi connectivity index (χ0v) is 13.8. The molecule has 0 atom stereocenters. The third-order valence-corrected chi connectivity index (χ3v) is 6.01. The lowest BCUT2D eigenvalue weighted by Crippen LogP contribution is -2.37. The molecule has 2 N–H and O–H groups in total. The molecule has 1 aliphatic carbocycles. The summed E-state index contributed by atoms with van der Waals surface area (Å²) in [4.78, 5) is 10.9. The number of pyridine rings is 1. The molecule has 0 bridgehead atoms. The summed E-state index contributed by atoms with van der Waals surface area (Å²) in [6.07, 6.45) is 9.68. The van der Waals surface area contributed by atoms with Crippen LogP contribution in [-0.4, -0.2) is 29.4 Å². The van der Waals surface area contributed by atoms with Crippen molar-refractivity contribution >= 4 is 21.1 Å². The van der Waals surface area contributed by atoms with E-state index in [0.717, 1.165) is 42.3 Å². The SMILES string of the molecule is O=S(=O)(N[C@H]1CC[C@H](c2coc3cccnc32)CC1)c1c[nH]cn1. The number of rotatable bonds is 4. The van der Waals surface area contributed by atoms with Crippen molar-refractivity contribution in [3.63, 3.8) is 0 Å². The van der Waals surface area contributed by atoms with Gasteiger partial charge in [0.15, 0.2) is 10.6 Å². The summed E-state index contributed by atoms with van der Waals surface area (Å²) in [7, 11) is -3.55. The Morgan fingerprint density at radius 2 is 2.04 bits per heavy atom. The Kier molecular flexibility index (Phi) is 3.85. The number of hydrogen-bond donors (Lipinski definition) is 2. The van der Waals surface area contributed by atoms with E-state index in [2.05, 4.69) is 19.7 Å². The van der Waals surface area contributed by atoms with Gasteiger partial charge >= 0.3 is 0 Å². The first-order valence-electron chi connectivity index (χ1n) is 7.97. The molecule has 3 aromatic rings. The first-order chi connectivity index (χ1) is 11.6. The number of hydrogen-bond acceptors (Lipinski definition) is 5. The van der Waals surface area contributed by atoms with Crippen LogP contribution in [0.1, 0.15) is 37.2 Å². The van der Waals surface area contributed by atoms with Crippen LogP contribution < -0.4 is 4.72 Å². The third kappa shape index (κ3) is 2.83. The van der Waals surface area contributed by atoms with Crippen LogP contribution >= 0.6 is 0 Å². The van der Waals surface area contributed by atoms with E-state index in [1.165, 1.54) is 12.5 Å². The second-order valence-electron chi connectivity index (χ2n) is 6.12. The summed E-state index contributed by atoms with van der Waals surface area (Å²) >= 11 is 0. The summed E-state index contributed by atoms with van der Waals surface area (Å²) in [5.74, 6) is 0.354. The van der Waals surface area contributed by atoms with Crippen LogP contribution in [0.25, 0.3) is 11.1 Å². The molecule has 4 rings (SSSR count). The Labute approximate surface area is 139 Å². The number of fused-ring (bicyclic) bond motifs is 1. The van der Waals surface area contributed by atoms with Crippen molar-refractivity contribution < 1.29 is 12.8 Å². The van der Waals surface area contributed by atoms with Crippen LogP contribution in [0.5, 0.6) is 0 Å². The zero-order chi connectivity index (χ0) is 16.6. The molecule has 0 aromatic carbocycles. The molecular weight excluding hydrogens is 328 g/mol. The molecule has 0 saturated heterocycles. The minimum Gasteiger partial charge on any atom is -0.462 e. The molecule has 3 aromatic heterocycles. The first-order valence-corrected chi connectivity index (χ1v) is 9.45. The van der Waals surface area contributed by atoms with E-state index in [4.69, 9.17) is 4.42 Å². The van der Waals surface area contributed by atoms with E-state index < -0.39 is 10.0 Å². The molecule has 24 heavy (non-hydrogen) atoms. The van der Waals surface area contributed by atoms with Gasteiger partial charge in [-0.1, -0.05) is 0 Å². The maximum absolute atomic E-state index is 12.2. The normalized spacial score (nSPS) is 22.0. The summed E-state index contributed by atoms with van der Waals surface area (Å²) in [5, 5.41) is 0.0367. The van der Waals surface area contributed by atoms with Gasteiger partial charge in [-0.3, -0.25) is 4.98 Å². The highest BCUT2D eigenvalue weighted by molar-refractivity contribution is 7.89. The Bertz CT molecular complexity index is 925. The maximum atomic E-state index is 12.2. The van der Waals surface area contributed by atoms with Crippen molar-refractivity contribution in [1.29, 1.82) is 0 Å². The number of sulfonamides is 1. The summed E-state index contributed by atoms with van der Waals surface area (Å²) in [5.41, 5.74) is 2.84. The highest BCUT2D eigenvalue weighted by Crippen LogP contribution is 2.37. The van der Waals surface area contributed by atoms with Crippen LogP contribution in [0.15, 0.2) is 46.6 Å². The Morgan fingerprint density at radius 3 is 2.79 bits per heavy atom. The van der Waals surface area contributed by atoms with Crippen LogP contribution in [-0.2, 0) is 10.0 Å². The fraction of sp³-hybridized carbons (Fsp3) is 0.375. The largest absolute Gasteiger partial charge is 0.462 e. The lowest BCUT2D eigenvalue weighted by molar-refractivity contribution is 0.373. The second-order valence-corrected chi connectivity index (χ2v) is 7.78. The van der Waals surface area contributed by atoms with Gasteiger partial charge in [0.2, 0.25) is 0 Å². The molecule has 0 spiro atoms. The van der Waals surface area contributed by atoms with Crippen molar-refractivity contribution in [2.45, 2.75) is 42.7 Å². The van der Waals surface area contributed by atoms with Crippen LogP contribution in [0, 0.1) is 0 Å². The molecule has 1 saturated carbocycles. The summed E-state index contributed by atoms with van der Waals surface area (Å²) < 4.78 is 32.8. The van der Waals surface area contributed by atoms with E-state index >= 15 is 0 Å². The Morgan fingerprint density at radius 1 is 1.21 bits per heavy atom. The fourth-order valence-electron chi connectivity index (χ4n) is 3.37. The van der Waals surface area contributed by atoms with Crippen molar-refractivity contribution in [2.75, 3.05) is 0 Å². The number of nitrogens with zero attached hydrogens (tertiary/aromatic N) is 2. The molecule has 126 valence electrons. The lowest BCUT2D eigenvalue weighted by Gasteiger charge is -2.28. The second kappa shape index (κ2) is 6.03. The fourth-order valence-corrected chi connectivity index (χ4v) is 4.58. The van der Waals surface area contributed by atoms with Gasteiger partial charge < -0.3 is 9.40 Å². The topological polar surface area (TPSA) is 101 Å². The standard InChI is InChI=1S/C16H18N4O3S/c21-24(22,15-8-17-10-19-15)20-12-5-3-11(4-6-12)13-9-23-14-2-1-7-18-16(13)14/h1-2,7-12,20H,3-6H2,(H,17,19)/t11-,12-. The van der Waals surface area contributed by atoms with Crippen molar-refractivity contribution in [3.8, 4) is 0 Å². The van der Waals surface area contributed by atoms with E-state index in [1.54, 1.807) is 12.5 Å². The van der Waals surface area contributed by atoms with Gasteiger partial charge in [-0.2, -0.15) is 0 Å². The molecule has 7 nitrogen and oxygen atoms in total. The van der Waals surface area contributed by atoms with Crippen molar-refractivity contribution in [2.24, 2.45) is 0 Å². The molecule has 8 heteroatoms. The molecule has 3 heterocycles. The van der Waals surface area contributed by atoms with E-state index in [1.807, 2.05) is 12.1 Å². The van der Waals surface area contributed by atoms with Crippen LogP contribution in [0.4, 0.5) is 0 Å². The Hall–Kier alpha value is -2.19. The number of aromatic nitrogens is 3. The predicted octanol–water partition coefficient (Wildman–Crippen LogP) is 2.56.